The van der Waals surface area contributed by atoms with Crippen LogP contribution in [0.25, 0.3) is 0 Å². The summed E-state index contributed by atoms with van der Waals surface area (Å²) >= 11 is 0. The molecule has 39 heavy (non-hydrogen) atoms. The van der Waals surface area contributed by atoms with E-state index >= 15 is 0 Å². The minimum Gasteiger partial charge on any atom is -0.434 e. The van der Waals surface area contributed by atoms with Gasteiger partial charge in [-0.1, -0.05) is 0 Å². The second-order valence-corrected chi connectivity index (χ2v) is 8.89. The molecular formula is C21H22F6N8O4. The number of ether oxygens (including phenoxy) is 1. The van der Waals surface area contributed by atoms with Crippen LogP contribution in [0.5, 0.6) is 0 Å². The summed E-state index contributed by atoms with van der Waals surface area (Å²) in [4.78, 5) is 48.6. The van der Waals surface area contributed by atoms with Crippen LogP contribution < -0.4 is 15.8 Å². The fourth-order valence-corrected chi connectivity index (χ4v) is 4.18. The zero-order valence-corrected chi connectivity index (χ0v) is 20.2. The van der Waals surface area contributed by atoms with Crippen LogP contribution in [-0.4, -0.2) is 93.4 Å². The highest BCUT2D eigenvalue weighted by Gasteiger charge is 2.41. The second-order valence-electron chi connectivity index (χ2n) is 8.89. The number of H-pyrrole nitrogens is 1. The maximum Gasteiger partial charge on any atom is 0.423 e. The number of amides is 2. The topological polar surface area (TPSA) is 137 Å². The van der Waals surface area contributed by atoms with Gasteiger partial charge in [-0.05, 0) is 6.92 Å². The average Bonchev–Trinajstić information content (AvgIpc) is 3.22. The van der Waals surface area contributed by atoms with Crippen LogP contribution in [0.1, 0.15) is 18.1 Å². The van der Waals surface area contributed by atoms with E-state index < -0.39 is 58.9 Å². The molecule has 212 valence electrons. The molecule has 0 bridgehead atoms. The number of aromatic nitrogens is 4. The van der Waals surface area contributed by atoms with Gasteiger partial charge >= 0.3 is 18.4 Å². The van der Waals surface area contributed by atoms with Gasteiger partial charge in [0.15, 0.2) is 6.10 Å². The molecule has 18 heteroatoms. The number of anilines is 2. The van der Waals surface area contributed by atoms with Gasteiger partial charge in [0, 0.05) is 51.2 Å². The SMILES string of the molecule is CC(CN1C[C@@H](C(=O)N2CCN(c3ncc(C(F)(F)F)cn3)CC2)OC1=O)Nc1cn[nH]c(=O)c1C(F)(F)F. The average molecular weight is 564 g/mol. The third-order valence-electron chi connectivity index (χ3n) is 6.04. The molecule has 4 rings (SSSR count). The number of alkyl halides is 6. The van der Waals surface area contributed by atoms with E-state index in [-0.39, 0.29) is 45.2 Å². The number of cyclic esters (lactones) is 1. The lowest BCUT2D eigenvalue weighted by atomic mass is 10.2. The number of rotatable bonds is 6. The Hall–Kier alpha value is -4.12. The highest BCUT2D eigenvalue weighted by molar-refractivity contribution is 5.86. The predicted molar refractivity (Wildman–Crippen MR) is 121 cm³/mol. The first kappa shape index (κ1) is 27.9. The van der Waals surface area contributed by atoms with Gasteiger partial charge in [0.1, 0.15) is 5.56 Å². The molecule has 0 aromatic carbocycles. The van der Waals surface area contributed by atoms with Crippen molar-refractivity contribution in [1.82, 2.24) is 30.0 Å². The highest BCUT2D eigenvalue weighted by Crippen LogP contribution is 2.32. The zero-order valence-electron chi connectivity index (χ0n) is 20.2. The third kappa shape index (κ3) is 6.31. The quantitative estimate of drug-likeness (QED) is 0.501. The van der Waals surface area contributed by atoms with Crippen LogP contribution in [-0.2, 0) is 21.9 Å². The number of carbonyl (C=O) groups excluding carboxylic acids is 2. The molecule has 2 N–H and O–H groups in total. The first-order valence-electron chi connectivity index (χ1n) is 11.5. The molecule has 2 aromatic heterocycles. The number of carbonyl (C=O) groups is 2. The Balaban J connectivity index is 1.30. The summed E-state index contributed by atoms with van der Waals surface area (Å²) < 4.78 is 83.1. The lowest BCUT2D eigenvalue weighted by Gasteiger charge is -2.35. The van der Waals surface area contributed by atoms with Crippen LogP contribution in [0.15, 0.2) is 23.4 Å². The van der Waals surface area contributed by atoms with Crippen LogP contribution in [0.3, 0.4) is 0 Å². The van der Waals surface area contributed by atoms with E-state index in [0.717, 1.165) is 11.1 Å². The molecule has 2 amide bonds. The molecule has 12 nitrogen and oxygen atoms in total. The van der Waals surface area contributed by atoms with Crippen molar-refractivity contribution in [2.45, 2.75) is 31.4 Å². The minimum absolute atomic E-state index is 0.0827. The van der Waals surface area contributed by atoms with Crippen molar-refractivity contribution in [1.29, 1.82) is 0 Å². The minimum atomic E-state index is -4.94. The highest BCUT2D eigenvalue weighted by atomic mass is 19.4. The number of aromatic amines is 1. The zero-order chi connectivity index (χ0) is 28.5. The molecule has 2 aliphatic rings. The summed E-state index contributed by atoms with van der Waals surface area (Å²) in [6.45, 7) is 2.00. The summed E-state index contributed by atoms with van der Waals surface area (Å²) in [6.07, 6.45) is -9.31. The summed E-state index contributed by atoms with van der Waals surface area (Å²) in [7, 11) is 0. The Kier molecular flexibility index (Phi) is 7.56. The third-order valence-corrected chi connectivity index (χ3v) is 6.04. The van der Waals surface area contributed by atoms with Gasteiger partial charge in [0.2, 0.25) is 5.95 Å². The smallest absolute Gasteiger partial charge is 0.423 e. The number of piperazine rings is 1. The lowest BCUT2D eigenvalue weighted by Crippen LogP contribution is -2.52. The molecule has 2 aliphatic heterocycles. The van der Waals surface area contributed by atoms with E-state index in [1.165, 1.54) is 11.8 Å². The fraction of sp³-hybridized carbons (Fsp3) is 0.524. The summed E-state index contributed by atoms with van der Waals surface area (Å²) in [5.41, 5.74) is -4.42. The van der Waals surface area contributed by atoms with E-state index in [9.17, 15) is 40.7 Å². The second kappa shape index (κ2) is 10.6. The molecule has 2 saturated heterocycles. The van der Waals surface area contributed by atoms with Gasteiger partial charge in [-0.25, -0.2) is 19.9 Å². The molecule has 0 spiro atoms. The van der Waals surface area contributed by atoms with E-state index in [0.29, 0.717) is 12.4 Å². The van der Waals surface area contributed by atoms with Crippen molar-refractivity contribution in [3.05, 3.63) is 40.1 Å². The first-order chi connectivity index (χ1) is 18.2. The van der Waals surface area contributed by atoms with Crippen LogP contribution >= 0.6 is 0 Å². The van der Waals surface area contributed by atoms with Gasteiger partial charge < -0.3 is 24.8 Å². The van der Waals surface area contributed by atoms with E-state index in [2.05, 4.69) is 20.4 Å². The maximum atomic E-state index is 13.3. The normalized spacial score (nSPS) is 19.2. The van der Waals surface area contributed by atoms with Crippen molar-refractivity contribution in [2.24, 2.45) is 0 Å². The van der Waals surface area contributed by atoms with Crippen molar-refractivity contribution < 1.29 is 40.7 Å². The Labute approximate surface area is 215 Å². The molecule has 1 unspecified atom stereocenters. The summed E-state index contributed by atoms with van der Waals surface area (Å²) in [5.74, 6) is -0.406. The van der Waals surface area contributed by atoms with Gasteiger partial charge in [-0.15, -0.1) is 0 Å². The molecular weight excluding hydrogens is 542 g/mol. The molecule has 0 radical (unpaired) electrons. The first-order valence-corrected chi connectivity index (χ1v) is 11.5. The largest absolute Gasteiger partial charge is 0.434 e. The summed E-state index contributed by atoms with van der Waals surface area (Å²) in [6, 6.07) is -0.775. The Bertz CT molecular complexity index is 1260. The molecule has 0 aliphatic carbocycles. The number of hydrogen-bond acceptors (Lipinski definition) is 9. The van der Waals surface area contributed by atoms with E-state index in [4.69, 9.17) is 4.74 Å². The molecule has 2 fully saturated rings. The van der Waals surface area contributed by atoms with Crippen LogP contribution in [0, 0.1) is 0 Å². The Morgan fingerprint density at radius 2 is 1.72 bits per heavy atom. The van der Waals surface area contributed by atoms with Crippen LogP contribution in [0.2, 0.25) is 0 Å². The van der Waals surface area contributed by atoms with Crippen molar-refractivity contribution in [2.75, 3.05) is 49.5 Å². The Morgan fingerprint density at radius 3 is 2.31 bits per heavy atom. The standard InChI is InChI=1S/C21H22F6N8O4/c1-11(31-13-8-30-32-16(36)15(13)21(25,26)27)9-35-10-14(39-19(35)38)17(37)33-2-4-34(5-3-33)18-28-6-12(7-29-18)20(22,23)24/h6-8,11,14H,2-5,9-10H2,1H3,(H2,31,32,36)/t11?,14-/m0/s1. The number of nitrogens with zero attached hydrogens (tertiary/aromatic N) is 6. The van der Waals surface area contributed by atoms with Crippen LogP contribution in [0.4, 0.5) is 42.8 Å². The van der Waals surface area contributed by atoms with Crippen molar-refractivity contribution in [3.63, 3.8) is 0 Å². The van der Waals surface area contributed by atoms with Gasteiger partial charge in [-0.3, -0.25) is 9.59 Å². The summed E-state index contributed by atoms with van der Waals surface area (Å²) in [5, 5.41) is 7.62. The number of hydrogen-bond donors (Lipinski definition) is 2. The van der Waals surface area contributed by atoms with Gasteiger partial charge in [0.25, 0.3) is 11.5 Å². The molecule has 2 aromatic rings. The molecule has 0 saturated carbocycles. The predicted octanol–water partition coefficient (Wildman–Crippen LogP) is 1.57. The van der Waals surface area contributed by atoms with Crippen molar-refractivity contribution >= 4 is 23.6 Å². The van der Waals surface area contributed by atoms with E-state index in [1.54, 1.807) is 10.00 Å². The monoisotopic (exact) mass is 564 g/mol. The fourth-order valence-electron chi connectivity index (χ4n) is 4.18. The molecule has 4 heterocycles. The lowest BCUT2D eigenvalue weighted by molar-refractivity contribution is -0.139. The van der Waals surface area contributed by atoms with E-state index in [1.807, 2.05) is 0 Å². The number of nitrogens with one attached hydrogen (secondary N) is 2. The molecule has 2 atom stereocenters. The van der Waals surface area contributed by atoms with Crippen molar-refractivity contribution in [3.8, 4) is 0 Å². The number of halogens is 6. The van der Waals surface area contributed by atoms with Gasteiger partial charge in [-0.2, -0.15) is 31.4 Å². The van der Waals surface area contributed by atoms with Gasteiger partial charge in [0.05, 0.1) is 24.0 Å². The maximum absolute atomic E-state index is 13.3. The Morgan fingerprint density at radius 1 is 1.08 bits per heavy atom.